The lowest BCUT2D eigenvalue weighted by atomic mass is 9.96. The largest absolute Gasteiger partial charge is 0.379 e. The van der Waals surface area contributed by atoms with Gasteiger partial charge in [0.15, 0.2) is 0 Å². The monoisotopic (exact) mass is 465 g/mol. The Morgan fingerprint density at radius 2 is 1.76 bits per heavy atom. The number of rotatable bonds is 6. The average molecular weight is 466 g/mol. The molecule has 0 spiro atoms. The number of benzene rings is 3. The Hall–Kier alpha value is -2.45. The van der Waals surface area contributed by atoms with Crippen LogP contribution in [0.15, 0.2) is 65.6 Å². The van der Waals surface area contributed by atoms with Crippen LogP contribution in [0.4, 0.5) is 5.69 Å². The van der Waals surface area contributed by atoms with Crippen molar-refractivity contribution in [2.45, 2.75) is 23.8 Å². The first-order valence-corrected chi connectivity index (χ1v) is 13.1. The third kappa shape index (κ3) is 4.77. The highest BCUT2D eigenvalue weighted by Crippen LogP contribution is 2.31. The van der Waals surface area contributed by atoms with Crippen molar-refractivity contribution in [3.63, 3.8) is 0 Å². The number of sulfonamides is 1. The van der Waals surface area contributed by atoms with E-state index in [0.717, 1.165) is 48.8 Å². The molecule has 3 aromatic rings. The first kappa shape index (κ1) is 22.3. The number of hydrogen-bond acceptors (Lipinski definition) is 5. The van der Waals surface area contributed by atoms with E-state index < -0.39 is 10.0 Å². The predicted octanol–water partition coefficient (Wildman–Crippen LogP) is 3.57. The second-order valence-corrected chi connectivity index (χ2v) is 10.7. The zero-order chi connectivity index (χ0) is 22.8. The lowest BCUT2D eigenvalue weighted by Gasteiger charge is -2.36. The van der Waals surface area contributed by atoms with E-state index >= 15 is 0 Å². The van der Waals surface area contributed by atoms with Gasteiger partial charge in [-0.2, -0.15) is 0 Å². The fourth-order valence-electron chi connectivity index (χ4n) is 4.97. The molecular formula is C26H31N3O3S. The molecule has 3 aromatic carbocycles. The zero-order valence-corrected chi connectivity index (χ0v) is 19.9. The number of fused-ring (bicyclic) bond motifs is 2. The van der Waals surface area contributed by atoms with E-state index in [1.807, 2.05) is 30.3 Å². The molecule has 1 atom stereocenters. The van der Waals surface area contributed by atoms with Crippen LogP contribution in [0.25, 0.3) is 10.8 Å². The number of hydrogen-bond donors (Lipinski definition) is 1. The van der Waals surface area contributed by atoms with Crippen LogP contribution in [0, 0.1) is 0 Å². The number of aryl methyl sites for hydroxylation is 1. The maximum atomic E-state index is 13.2. The summed E-state index contributed by atoms with van der Waals surface area (Å²) in [7, 11) is -1.50. The molecule has 1 fully saturated rings. The maximum absolute atomic E-state index is 13.2. The van der Waals surface area contributed by atoms with Crippen LogP contribution < -0.4 is 9.62 Å². The van der Waals surface area contributed by atoms with Crippen LogP contribution in [-0.2, 0) is 21.2 Å². The molecule has 0 aliphatic carbocycles. The molecule has 1 N–H and O–H groups in total. The van der Waals surface area contributed by atoms with Crippen LogP contribution in [0.3, 0.4) is 0 Å². The smallest absolute Gasteiger partial charge is 0.240 e. The Morgan fingerprint density at radius 1 is 0.970 bits per heavy atom. The van der Waals surface area contributed by atoms with Gasteiger partial charge in [0.2, 0.25) is 10.0 Å². The van der Waals surface area contributed by atoms with Crippen LogP contribution in [0.2, 0.25) is 0 Å². The summed E-state index contributed by atoms with van der Waals surface area (Å²) in [6, 6.07) is 19.7. The van der Waals surface area contributed by atoms with Gasteiger partial charge in [0.05, 0.1) is 18.1 Å². The molecule has 2 aliphatic rings. The first-order valence-electron chi connectivity index (χ1n) is 11.7. The molecule has 2 heterocycles. The molecule has 2 aliphatic heterocycles. The Labute approximate surface area is 196 Å². The highest BCUT2D eigenvalue weighted by Gasteiger charge is 2.26. The average Bonchev–Trinajstić information content (AvgIpc) is 2.84. The van der Waals surface area contributed by atoms with Crippen LogP contribution in [-0.4, -0.2) is 59.8 Å². The third-order valence-corrected chi connectivity index (χ3v) is 8.24. The fourth-order valence-corrected chi connectivity index (χ4v) is 6.04. The predicted molar refractivity (Wildman–Crippen MR) is 132 cm³/mol. The van der Waals surface area contributed by atoms with Gasteiger partial charge in [-0.05, 0) is 52.9 Å². The van der Waals surface area contributed by atoms with Gasteiger partial charge in [-0.15, -0.1) is 0 Å². The van der Waals surface area contributed by atoms with Gasteiger partial charge in [-0.1, -0.05) is 42.5 Å². The summed E-state index contributed by atoms with van der Waals surface area (Å²) in [5.74, 6) is 0. The Bertz CT molecular complexity index is 1240. The normalized spacial score (nSPS) is 18.3. The first-order chi connectivity index (χ1) is 16.0. The van der Waals surface area contributed by atoms with E-state index in [4.69, 9.17) is 4.74 Å². The molecule has 7 heteroatoms. The van der Waals surface area contributed by atoms with Gasteiger partial charge >= 0.3 is 0 Å². The van der Waals surface area contributed by atoms with Crippen molar-refractivity contribution < 1.29 is 13.2 Å². The molecule has 174 valence electrons. The number of nitrogens with zero attached hydrogens (tertiary/aromatic N) is 2. The molecule has 6 nitrogen and oxygen atoms in total. The fraction of sp³-hybridized carbons (Fsp3) is 0.385. The minimum absolute atomic E-state index is 0.0401. The minimum atomic E-state index is -3.64. The van der Waals surface area contributed by atoms with Crippen LogP contribution >= 0.6 is 0 Å². The number of ether oxygens (including phenoxy) is 1. The Balaban J connectivity index is 1.41. The van der Waals surface area contributed by atoms with E-state index in [2.05, 4.69) is 39.8 Å². The van der Waals surface area contributed by atoms with Crippen molar-refractivity contribution in [3.05, 3.63) is 71.8 Å². The molecule has 33 heavy (non-hydrogen) atoms. The van der Waals surface area contributed by atoms with Gasteiger partial charge in [0, 0.05) is 45.0 Å². The molecule has 0 amide bonds. The van der Waals surface area contributed by atoms with Crippen LogP contribution in [0.5, 0.6) is 0 Å². The lowest BCUT2D eigenvalue weighted by molar-refractivity contribution is 0.0172. The van der Waals surface area contributed by atoms with Gasteiger partial charge in [-0.25, -0.2) is 13.1 Å². The minimum Gasteiger partial charge on any atom is -0.379 e. The summed E-state index contributed by atoms with van der Waals surface area (Å²) in [5, 5.41) is 1.95. The zero-order valence-electron chi connectivity index (χ0n) is 19.0. The van der Waals surface area contributed by atoms with E-state index in [-0.39, 0.29) is 6.04 Å². The highest BCUT2D eigenvalue weighted by molar-refractivity contribution is 7.89. The summed E-state index contributed by atoms with van der Waals surface area (Å²) in [4.78, 5) is 4.93. The summed E-state index contributed by atoms with van der Waals surface area (Å²) in [6.45, 7) is 4.32. The Kier molecular flexibility index (Phi) is 6.38. The molecule has 0 bridgehead atoms. The quantitative estimate of drug-likeness (QED) is 0.603. The van der Waals surface area contributed by atoms with E-state index in [1.54, 1.807) is 12.1 Å². The lowest BCUT2D eigenvalue weighted by Crippen LogP contribution is -2.43. The number of nitrogens with one attached hydrogen (secondary N) is 1. The summed E-state index contributed by atoms with van der Waals surface area (Å²) < 4.78 is 34.9. The standard InChI is InChI=1S/C26H31N3O3S/c1-28-12-4-7-22-17-23(9-11-25(22)28)26(29-13-15-32-16-14-29)19-27-33(30,31)24-10-8-20-5-2-3-6-21(20)18-24/h2-3,5-6,8-11,17-18,26-27H,4,7,12-16,19H2,1H3. The van der Waals surface area contributed by atoms with E-state index in [0.29, 0.717) is 24.7 Å². The maximum Gasteiger partial charge on any atom is 0.240 e. The molecule has 5 rings (SSSR count). The van der Waals surface area contributed by atoms with E-state index in [1.165, 1.54) is 11.3 Å². The number of morpholine rings is 1. The van der Waals surface area contributed by atoms with Crippen molar-refractivity contribution in [1.29, 1.82) is 0 Å². The summed E-state index contributed by atoms with van der Waals surface area (Å²) in [6.07, 6.45) is 2.20. The second-order valence-electron chi connectivity index (χ2n) is 8.94. The SMILES string of the molecule is CN1CCCc2cc(C(CNS(=O)(=O)c3ccc4ccccc4c3)N3CCOCC3)ccc21. The summed E-state index contributed by atoms with van der Waals surface area (Å²) >= 11 is 0. The van der Waals surface area contributed by atoms with Crippen molar-refractivity contribution in [1.82, 2.24) is 9.62 Å². The van der Waals surface area contributed by atoms with Crippen molar-refractivity contribution in [2.75, 3.05) is 51.3 Å². The molecule has 0 saturated carbocycles. The second kappa shape index (κ2) is 9.43. The van der Waals surface area contributed by atoms with Crippen LogP contribution in [0.1, 0.15) is 23.6 Å². The molecule has 0 aromatic heterocycles. The van der Waals surface area contributed by atoms with E-state index in [9.17, 15) is 8.42 Å². The highest BCUT2D eigenvalue weighted by atomic mass is 32.2. The molecular weight excluding hydrogens is 434 g/mol. The van der Waals surface area contributed by atoms with Gasteiger partial charge in [0.1, 0.15) is 0 Å². The van der Waals surface area contributed by atoms with Crippen molar-refractivity contribution in [3.8, 4) is 0 Å². The third-order valence-electron chi connectivity index (χ3n) is 6.82. The van der Waals surface area contributed by atoms with Crippen molar-refractivity contribution >= 4 is 26.5 Å². The Morgan fingerprint density at radius 3 is 2.58 bits per heavy atom. The topological polar surface area (TPSA) is 61.9 Å². The summed E-state index contributed by atoms with van der Waals surface area (Å²) in [5.41, 5.74) is 3.78. The van der Waals surface area contributed by atoms with Crippen molar-refractivity contribution in [2.24, 2.45) is 0 Å². The number of anilines is 1. The van der Waals surface area contributed by atoms with Gasteiger partial charge < -0.3 is 9.64 Å². The van der Waals surface area contributed by atoms with Gasteiger partial charge in [0.25, 0.3) is 0 Å². The van der Waals surface area contributed by atoms with Gasteiger partial charge in [-0.3, -0.25) is 4.90 Å². The molecule has 1 saturated heterocycles. The molecule has 0 radical (unpaired) electrons. The molecule has 1 unspecified atom stereocenters.